The molecule has 0 aromatic heterocycles. The lowest BCUT2D eigenvalue weighted by Gasteiger charge is -2.35. The van der Waals surface area contributed by atoms with Gasteiger partial charge in [-0.25, -0.2) is 4.79 Å². The first-order chi connectivity index (χ1) is 16.4. The Morgan fingerprint density at radius 1 is 1.09 bits per heavy atom. The third kappa shape index (κ3) is 8.88. The van der Waals surface area contributed by atoms with E-state index in [4.69, 9.17) is 4.74 Å². The van der Waals surface area contributed by atoms with Crippen LogP contribution in [0.15, 0.2) is 24.3 Å². The van der Waals surface area contributed by atoms with Gasteiger partial charge >= 0.3 is 6.09 Å². The van der Waals surface area contributed by atoms with Crippen LogP contribution < -0.4 is 16.0 Å². The summed E-state index contributed by atoms with van der Waals surface area (Å²) in [5, 5.41) is 8.33. The van der Waals surface area contributed by atoms with Crippen LogP contribution in [0.5, 0.6) is 0 Å². The molecule has 35 heavy (non-hydrogen) atoms. The van der Waals surface area contributed by atoms with Crippen LogP contribution in [-0.4, -0.2) is 66.5 Å². The molecule has 1 fully saturated rings. The molecule has 1 heterocycles. The standard InChI is InChI=1S/C26H40N4O5/c1-17(2)21(29-23(32)20-12-8-7-10-18(20)3)24(33)30-15-9-11-19(16-30)22(31)27-13-14-28-25(34)35-26(4,5)6/h7-8,10,12,17,19,21H,9,11,13-16H2,1-6H3,(H,27,31)(H,28,34)(H,29,32). The highest BCUT2D eigenvalue weighted by atomic mass is 16.6. The minimum Gasteiger partial charge on any atom is -0.444 e. The predicted molar refractivity (Wildman–Crippen MR) is 134 cm³/mol. The Morgan fingerprint density at radius 2 is 1.74 bits per heavy atom. The lowest BCUT2D eigenvalue weighted by molar-refractivity contribution is -0.138. The number of hydrogen-bond donors (Lipinski definition) is 3. The van der Waals surface area contributed by atoms with E-state index in [1.807, 2.05) is 32.9 Å². The van der Waals surface area contributed by atoms with E-state index in [1.165, 1.54) is 0 Å². The molecule has 4 amide bonds. The van der Waals surface area contributed by atoms with Gasteiger partial charge in [-0.05, 0) is 58.1 Å². The first kappa shape index (κ1) is 28.1. The monoisotopic (exact) mass is 488 g/mol. The van der Waals surface area contributed by atoms with Gasteiger partial charge in [-0.15, -0.1) is 0 Å². The highest BCUT2D eigenvalue weighted by Crippen LogP contribution is 2.19. The summed E-state index contributed by atoms with van der Waals surface area (Å²) in [5.74, 6) is -1.05. The smallest absolute Gasteiger partial charge is 0.407 e. The van der Waals surface area contributed by atoms with Crippen molar-refractivity contribution in [3.63, 3.8) is 0 Å². The minimum absolute atomic E-state index is 0.108. The Kier molecular flexibility index (Phi) is 10.1. The molecule has 1 saturated heterocycles. The van der Waals surface area contributed by atoms with Gasteiger partial charge in [-0.2, -0.15) is 0 Å². The van der Waals surface area contributed by atoms with Crippen LogP contribution in [0.1, 0.15) is 63.4 Å². The van der Waals surface area contributed by atoms with Crippen molar-refractivity contribution in [2.45, 2.75) is 66.0 Å². The molecular weight excluding hydrogens is 448 g/mol. The number of benzene rings is 1. The number of ether oxygens (including phenoxy) is 1. The number of aryl methyl sites for hydroxylation is 1. The van der Waals surface area contributed by atoms with Gasteiger partial charge in [0.2, 0.25) is 11.8 Å². The molecule has 1 aromatic carbocycles. The highest BCUT2D eigenvalue weighted by Gasteiger charge is 2.34. The zero-order valence-electron chi connectivity index (χ0n) is 21.8. The number of carbonyl (C=O) groups excluding carboxylic acids is 4. The molecule has 1 aliphatic rings. The van der Waals surface area contributed by atoms with Gasteiger partial charge in [-0.3, -0.25) is 14.4 Å². The molecule has 9 heteroatoms. The number of rotatable bonds is 8. The number of alkyl carbamates (subject to hydrolysis) is 1. The number of likely N-dealkylation sites (tertiary alicyclic amines) is 1. The zero-order valence-corrected chi connectivity index (χ0v) is 21.8. The van der Waals surface area contributed by atoms with Gasteiger partial charge < -0.3 is 25.6 Å². The second-order valence-corrected chi connectivity index (χ2v) is 10.4. The normalized spacial score (nSPS) is 16.9. The first-order valence-electron chi connectivity index (χ1n) is 12.3. The van der Waals surface area contributed by atoms with Gasteiger partial charge in [0.05, 0.1) is 5.92 Å². The summed E-state index contributed by atoms with van der Waals surface area (Å²) in [4.78, 5) is 52.2. The largest absolute Gasteiger partial charge is 0.444 e. The summed E-state index contributed by atoms with van der Waals surface area (Å²) in [5.41, 5.74) is 0.802. The van der Waals surface area contributed by atoms with E-state index in [0.717, 1.165) is 5.56 Å². The summed E-state index contributed by atoms with van der Waals surface area (Å²) in [7, 11) is 0. The van der Waals surface area contributed by atoms with Crippen molar-refractivity contribution < 1.29 is 23.9 Å². The Labute approximate surface area is 208 Å². The molecule has 194 valence electrons. The molecule has 0 bridgehead atoms. The SMILES string of the molecule is Cc1ccccc1C(=O)NC(C(=O)N1CCCC(C(=O)NCCNC(=O)OC(C)(C)C)C1)C(C)C. The van der Waals surface area contributed by atoms with E-state index >= 15 is 0 Å². The van der Waals surface area contributed by atoms with E-state index < -0.39 is 17.7 Å². The van der Waals surface area contributed by atoms with Gasteiger partial charge in [0, 0.05) is 31.7 Å². The lowest BCUT2D eigenvalue weighted by atomic mass is 9.94. The molecule has 0 aliphatic carbocycles. The van der Waals surface area contributed by atoms with Gasteiger partial charge in [0.15, 0.2) is 0 Å². The molecule has 2 unspecified atom stereocenters. The van der Waals surface area contributed by atoms with Crippen molar-refractivity contribution in [2.75, 3.05) is 26.2 Å². The maximum atomic E-state index is 13.3. The molecular formula is C26H40N4O5. The van der Waals surface area contributed by atoms with Gasteiger partial charge in [0.1, 0.15) is 11.6 Å². The van der Waals surface area contributed by atoms with E-state index in [9.17, 15) is 19.2 Å². The molecule has 9 nitrogen and oxygen atoms in total. The van der Waals surface area contributed by atoms with Crippen LogP contribution in [0.3, 0.4) is 0 Å². The van der Waals surface area contributed by atoms with Crippen molar-refractivity contribution in [1.29, 1.82) is 0 Å². The quantitative estimate of drug-likeness (QED) is 0.487. The molecule has 0 saturated carbocycles. The molecule has 0 spiro atoms. The summed E-state index contributed by atoms with van der Waals surface area (Å²) < 4.78 is 5.17. The molecule has 2 atom stereocenters. The third-order valence-corrected chi connectivity index (χ3v) is 5.81. The van der Waals surface area contributed by atoms with E-state index in [-0.39, 0.29) is 42.6 Å². The Balaban J connectivity index is 1.89. The van der Waals surface area contributed by atoms with E-state index in [1.54, 1.807) is 37.8 Å². The minimum atomic E-state index is -0.679. The van der Waals surface area contributed by atoms with Crippen LogP contribution in [0.4, 0.5) is 4.79 Å². The van der Waals surface area contributed by atoms with Crippen molar-refractivity contribution in [3.05, 3.63) is 35.4 Å². The van der Waals surface area contributed by atoms with Crippen molar-refractivity contribution >= 4 is 23.8 Å². The fraction of sp³-hybridized carbons (Fsp3) is 0.615. The molecule has 1 aromatic rings. The van der Waals surface area contributed by atoms with E-state index in [2.05, 4.69) is 16.0 Å². The Morgan fingerprint density at radius 3 is 2.37 bits per heavy atom. The van der Waals surface area contributed by atoms with Crippen LogP contribution in [0.2, 0.25) is 0 Å². The fourth-order valence-corrected chi connectivity index (χ4v) is 3.96. The summed E-state index contributed by atoms with van der Waals surface area (Å²) in [6.07, 6.45) is 0.849. The Hall–Kier alpha value is -3.10. The molecule has 0 radical (unpaired) electrons. The number of piperidine rings is 1. The summed E-state index contributed by atoms with van der Waals surface area (Å²) in [6, 6.07) is 6.58. The fourth-order valence-electron chi connectivity index (χ4n) is 3.96. The second-order valence-electron chi connectivity index (χ2n) is 10.4. The number of nitrogens with one attached hydrogen (secondary N) is 3. The number of hydrogen-bond acceptors (Lipinski definition) is 5. The van der Waals surface area contributed by atoms with Crippen molar-refractivity contribution in [2.24, 2.45) is 11.8 Å². The number of carbonyl (C=O) groups is 4. The van der Waals surface area contributed by atoms with Crippen molar-refractivity contribution in [3.8, 4) is 0 Å². The molecule has 1 aliphatic heterocycles. The molecule has 2 rings (SSSR count). The molecule has 3 N–H and O–H groups in total. The highest BCUT2D eigenvalue weighted by molar-refractivity contribution is 5.98. The van der Waals surface area contributed by atoms with Crippen molar-refractivity contribution in [1.82, 2.24) is 20.9 Å². The van der Waals surface area contributed by atoms with Gasteiger partial charge in [0.25, 0.3) is 5.91 Å². The van der Waals surface area contributed by atoms with Crippen LogP contribution in [0, 0.1) is 18.8 Å². The summed E-state index contributed by atoms with van der Waals surface area (Å²) >= 11 is 0. The van der Waals surface area contributed by atoms with Crippen LogP contribution in [-0.2, 0) is 14.3 Å². The summed E-state index contributed by atoms with van der Waals surface area (Å²) in [6.45, 7) is 12.4. The Bertz CT molecular complexity index is 909. The number of nitrogens with zero attached hydrogens (tertiary/aromatic N) is 1. The maximum Gasteiger partial charge on any atom is 0.407 e. The van der Waals surface area contributed by atoms with Crippen LogP contribution >= 0.6 is 0 Å². The number of amides is 4. The lowest BCUT2D eigenvalue weighted by Crippen LogP contribution is -2.55. The average Bonchev–Trinajstić information content (AvgIpc) is 2.78. The van der Waals surface area contributed by atoms with Crippen LogP contribution in [0.25, 0.3) is 0 Å². The topological polar surface area (TPSA) is 117 Å². The first-order valence-corrected chi connectivity index (χ1v) is 12.3. The predicted octanol–water partition coefficient (Wildman–Crippen LogP) is 2.63. The van der Waals surface area contributed by atoms with Gasteiger partial charge in [-0.1, -0.05) is 32.0 Å². The second kappa shape index (κ2) is 12.6. The maximum absolute atomic E-state index is 13.3. The zero-order chi connectivity index (χ0) is 26.2. The average molecular weight is 489 g/mol. The third-order valence-electron chi connectivity index (χ3n) is 5.81. The van der Waals surface area contributed by atoms with E-state index in [0.29, 0.717) is 31.5 Å².